The predicted molar refractivity (Wildman–Crippen MR) is 72.1 cm³/mol. The molecule has 22 heavy (non-hydrogen) atoms. The SMILES string of the molecule is COc1cccc(/C=N\Nc2c(F)c(F)cc(F)c2F)c1O. The van der Waals surface area contributed by atoms with Gasteiger partial charge in [-0.05, 0) is 12.1 Å². The van der Waals surface area contributed by atoms with Crippen molar-refractivity contribution in [2.45, 2.75) is 0 Å². The smallest absolute Gasteiger partial charge is 0.186 e. The monoisotopic (exact) mass is 314 g/mol. The average Bonchev–Trinajstić information content (AvgIpc) is 2.50. The molecule has 0 spiro atoms. The Hall–Kier alpha value is -2.77. The Kier molecular flexibility index (Phi) is 4.50. The van der Waals surface area contributed by atoms with Crippen molar-refractivity contribution in [2.24, 2.45) is 5.10 Å². The average molecular weight is 314 g/mol. The van der Waals surface area contributed by atoms with Gasteiger partial charge in [-0.3, -0.25) is 5.43 Å². The Morgan fingerprint density at radius 3 is 2.36 bits per heavy atom. The second kappa shape index (κ2) is 6.33. The zero-order valence-electron chi connectivity index (χ0n) is 11.2. The molecule has 8 heteroatoms. The van der Waals surface area contributed by atoms with Gasteiger partial charge in [0, 0.05) is 11.6 Å². The van der Waals surface area contributed by atoms with E-state index in [0.717, 1.165) is 6.21 Å². The van der Waals surface area contributed by atoms with Crippen molar-refractivity contribution in [3.05, 3.63) is 53.1 Å². The number of hydrazone groups is 1. The lowest BCUT2D eigenvalue weighted by Gasteiger charge is -2.07. The molecule has 0 unspecified atom stereocenters. The number of methoxy groups -OCH3 is 1. The summed E-state index contributed by atoms with van der Waals surface area (Å²) >= 11 is 0. The molecule has 0 aromatic heterocycles. The molecule has 2 aromatic rings. The standard InChI is InChI=1S/C14H10F4N2O2/c1-22-10-4-2-3-7(14(10)21)6-19-20-13-11(17)8(15)5-9(16)12(13)18/h2-6,20-21H,1H3/b19-6-. The minimum absolute atomic E-state index is 0.0907. The highest BCUT2D eigenvalue weighted by Gasteiger charge is 2.18. The van der Waals surface area contributed by atoms with E-state index >= 15 is 0 Å². The van der Waals surface area contributed by atoms with E-state index in [0.29, 0.717) is 0 Å². The molecule has 0 aliphatic rings. The van der Waals surface area contributed by atoms with Crippen LogP contribution in [0.4, 0.5) is 23.2 Å². The number of anilines is 1. The number of phenols is 1. The summed E-state index contributed by atoms with van der Waals surface area (Å²) in [6, 6.07) is 4.57. The molecule has 0 atom stereocenters. The molecule has 0 fully saturated rings. The van der Waals surface area contributed by atoms with Crippen LogP contribution in [0.2, 0.25) is 0 Å². The first-order valence-electron chi connectivity index (χ1n) is 5.93. The van der Waals surface area contributed by atoms with Crippen molar-refractivity contribution in [3.8, 4) is 11.5 Å². The molecule has 116 valence electrons. The molecule has 4 nitrogen and oxygen atoms in total. The fourth-order valence-corrected chi connectivity index (χ4v) is 1.65. The maximum absolute atomic E-state index is 13.4. The van der Waals surface area contributed by atoms with Gasteiger partial charge < -0.3 is 9.84 Å². The zero-order valence-corrected chi connectivity index (χ0v) is 11.2. The van der Waals surface area contributed by atoms with Gasteiger partial charge in [-0.2, -0.15) is 5.10 Å². The first-order chi connectivity index (χ1) is 10.5. The molecule has 0 heterocycles. The van der Waals surface area contributed by atoms with Gasteiger partial charge in [-0.25, -0.2) is 17.6 Å². The lowest BCUT2D eigenvalue weighted by molar-refractivity contribution is 0.373. The number of benzene rings is 2. The number of phenolic OH excluding ortho intramolecular Hbond substituents is 1. The highest BCUT2D eigenvalue weighted by Crippen LogP contribution is 2.28. The van der Waals surface area contributed by atoms with Crippen molar-refractivity contribution >= 4 is 11.9 Å². The van der Waals surface area contributed by atoms with Crippen molar-refractivity contribution in [1.82, 2.24) is 0 Å². The fraction of sp³-hybridized carbons (Fsp3) is 0.0714. The summed E-state index contributed by atoms with van der Waals surface area (Å²) in [7, 11) is 1.34. The Balaban J connectivity index is 2.28. The minimum atomic E-state index is -1.61. The van der Waals surface area contributed by atoms with Gasteiger partial charge >= 0.3 is 0 Å². The van der Waals surface area contributed by atoms with Gasteiger partial charge in [-0.1, -0.05) is 6.07 Å². The summed E-state index contributed by atoms with van der Waals surface area (Å²) in [5.74, 6) is -6.40. The van der Waals surface area contributed by atoms with E-state index in [1.165, 1.54) is 19.2 Å². The Labute approximate surface area is 122 Å². The van der Waals surface area contributed by atoms with Crippen LogP contribution in [-0.2, 0) is 0 Å². The number of halogens is 4. The van der Waals surface area contributed by atoms with Crippen molar-refractivity contribution < 1.29 is 27.4 Å². The van der Waals surface area contributed by atoms with E-state index < -0.39 is 29.0 Å². The van der Waals surface area contributed by atoms with Gasteiger partial charge in [0.2, 0.25) is 0 Å². The molecule has 0 saturated heterocycles. The summed E-state index contributed by atoms with van der Waals surface area (Å²) < 4.78 is 57.6. The van der Waals surface area contributed by atoms with Crippen LogP contribution in [-0.4, -0.2) is 18.4 Å². The van der Waals surface area contributed by atoms with Crippen LogP contribution in [0.5, 0.6) is 11.5 Å². The van der Waals surface area contributed by atoms with Crippen molar-refractivity contribution in [2.75, 3.05) is 12.5 Å². The van der Waals surface area contributed by atoms with Crippen LogP contribution in [0, 0.1) is 23.3 Å². The molecule has 0 aliphatic carbocycles. The molecule has 2 aromatic carbocycles. The number of aromatic hydroxyl groups is 1. The summed E-state index contributed by atoms with van der Waals surface area (Å²) in [5.41, 5.74) is 0.961. The number of hydrogen-bond acceptors (Lipinski definition) is 4. The van der Waals surface area contributed by atoms with Crippen LogP contribution in [0.3, 0.4) is 0 Å². The Morgan fingerprint density at radius 1 is 1.14 bits per heavy atom. The molecule has 0 aliphatic heterocycles. The second-order valence-electron chi connectivity index (χ2n) is 4.11. The van der Waals surface area contributed by atoms with E-state index in [2.05, 4.69) is 5.10 Å². The van der Waals surface area contributed by atoms with Gasteiger partial charge in [0.05, 0.1) is 13.3 Å². The molecule has 0 bridgehead atoms. The lowest BCUT2D eigenvalue weighted by atomic mass is 10.2. The predicted octanol–water partition coefficient (Wildman–Crippen LogP) is 3.40. The summed E-state index contributed by atoms with van der Waals surface area (Å²) in [6.45, 7) is 0. The number of nitrogens with one attached hydrogen (secondary N) is 1. The minimum Gasteiger partial charge on any atom is -0.504 e. The molecule has 0 saturated carbocycles. The van der Waals surface area contributed by atoms with Crippen LogP contribution in [0.1, 0.15) is 5.56 Å². The maximum Gasteiger partial charge on any atom is 0.186 e. The molecule has 0 amide bonds. The molecule has 0 radical (unpaired) electrons. The first-order valence-corrected chi connectivity index (χ1v) is 5.93. The second-order valence-corrected chi connectivity index (χ2v) is 4.11. The van der Waals surface area contributed by atoms with Crippen LogP contribution in [0.25, 0.3) is 0 Å². The Bertz CT molecular complexity index is 709. The maximum atomic E-state index is 13.4. The van der Waals surface area contributed by atoms with E-state index in [1.54, 1.807) is 6.07 Å². The summed E-state index contributed by atoms with van der Waals surface area (Å²) in [4.78, 5) is 0. The van der Waals surface area contributed by atoms with Gasteiger partial charge in [-0.15, -0.1) is 0 Å². The Morgan fingerprint density at radius 2 is 1.77 bits per heavy atom. The zero-order chi connectivity index (χ0) is 16.3. The van der Waals surface area contributed by atoms with E-state index in [4.69, 9.17) is 4.74 Å². The van der Waals surface area contributed by atoms with Gasteiger partial charge in [0.15, 0.2) is 34.8 Å². The number of ether oxygens (including phenoxy) is 1. The molecular formula is C14H10F4N2O2. The molecule has 2 N–H and O–H groups in total. The van der Waals surface area contributed by atoms with Gasteiger partial charge in [0.25, 0.3) is 0 Å². The normalized spacial score (nSPS) is 11.0. The molecule has 2 rings (SSSR count). The number of para-hydroxylation sites is 1. The van der Waals surface area contributed by atoms with Crippen molar-refractivity contribution in [1.29, 1.82) is 0 Å². The fourth-order valence-electron chi connectivity index (χ4n) is 1.65. The number of nitrogens with zero attached hydrogens (tertiary/aromatic N) is 1. The molecular weight excluding hydrogens is 304 g/mol. The quantitative estimate of drug-likeness (QED) is 0.393. The van der Waals surface area contributed by atoms with E-state index in [-0.39, 0.29) is 23.1 Å². The third-order valence-corrected chi connectivity index (χ3v) is 2.74. The third-order valence-electron chi connectivity index (χ3n) is 2.74. The number of hydrogen-bond donors (Lipinski definition) is 2. The summed E-state index contributed by atoms with van der Waals surface area (Å²) in [6.07, 6.45) is 1.01. The third kappa shape index (κ3) is 2.95. The van der Waals surface area contributed by atoms with E-state index in [9.17, 15) is 22.7 Å². The first kappa shape index (κ1) is 15.6. The lowest BCUT2D eigenvalue weighted by Crippen LogP contribution is -2.02. The van der Waals surface area contributed by atoms with Crippen molar-refractivity contribution in [3.63, 3.8) is 0 Å². The van der Waals surface area contributed by atoms with Crippen LogP contribution < -0.4 is 10.2 Å². The van der Waals surface area contributed by atoms with E-state index in [1.807, 2.05) is 5.43 Å². The van der Waals surface area contributed by atoms with Gasteiger partial charge in [0.1, 0.15) is 5.69 Å². The topological polar surface area (TPSA) is 53.8 Å². The number of rotatable bonds is 4. The van der Waals surface area contributed by atoms with Crippen LogP contribution in [0.15, 0.2) is 29.4 Å². The van der Waals surface area contributed by atoms with Crippen LogP contribution >= 0.6 is 0 Å². The summed E-state index contributed by atoms with van der Waals surface area (Å²) in [5, 5.41) is 13.2. The largest absolute Gasteiger partial charge is 0.504 e. The highest BCUT2D eigenvalue weighted by atomic mass is 19.2. The highest BCUT2D eigenvalue weighted by molar-refractivity contribution is 5.85.